The number of amides is 3. The van der Waals surface area contributed by atoms with Crippen molar-refractivity contribution in [2.24, 2.45) is 14.1 Å². The zero-order valence-corrected chi connectivity index (χ0v) is 24.4. The smallest absolute Gasteiger partial charge is 0.294 e. The fourth-order valence-corrected chi connectivity index (χ4v) is 5.42. The van der Waals surface area contributed by atoms with Gasteiger partial charge in [0, 0.05) is 44.8 Å². The van der Waals surface area contributed by atoms with Gasteiger partial charge in [-0.1, -0.05) is 0 Å². The van der Waals surface area contributed by atoms with Crippen LogP contribution in [0.5, 0.6) is 0 Å². The lowest BCUT2D eigenvalue weighted by Gasteiger charge is -2.41. The van der Waals surface area contributed by atoms with Gasteiger partial charge in [0.1, 0.15) is 11.5 Å². The number of hydrogen-bond donors (Lipinski definition) is 3. The van der Waals surface area contributed by atoms with Gasteiger partial charge in [0.15, 0.2) is 0 Å². The van der Waals surface area contributed by atoms with Crippen LogP contribution in [0.3, 0.4) is 0 Å². The van der Waals surface area contributed by atoms with E-state index in [0.717, 1.165) is 4.68 Å². The van der Waals surface area contributed by atoms with Gasteiger partial charge in [-0.2, -0.15) is 5.10 Å². The second-order valence-corrected chi connectivity index (χ2v) is 10.8. The van der Waals surface area contributed by atoms with E-state index in [9.17, 15) is 37.5 Å². The molecule has 1 aliphatic heterocycles. The molecule has 43 heavy (non-hydrogen) atoms. The monoisotopic (exact) mass is 602 g/mol. The number of likely N-dealkylation sites (tertiary alicyclic amines) is 1. The Kier molecular flexibility index (Phi) is 8.81. The lowest BCUT2D eigenvalue weighted by atomic mass is 9.87. The summed E-state index contributed by atoms with van der Waals surface area (Å²) in [6.07, 6.45) is -1.59. The molecule has 2 aromatic heterocycles. The number of nitrogens with zero attached hydrogens (tertiary/aromatic N) is 4. The molecule has 1 aromatic carbocycles. The highest BCUT2D eigenvalue weighted by Crippen LogP contribution is 2.28. The molecule has 0 unspecified atom stereocenters. The van der Waals surface area contributed by atoms with Crippen molar-refractivity contribution in [2.75, 3.05) is 25.0 Å². The number of alkyl halides is 2. The minimum absolute atomic E-state index is 0.0211. The highest BCUT2D eigenvalue weighted by molar-refractivity contribution is 6.43. The molecule has 1 fully saturated rings. The first-order valence-corrected chi connectivity index (χ1v) is 13.5. The van der Waals surface area contributed by atoms with Gasteiger partial charge in [-0.15, -0.1) is 0 Å². The number of aryl methyl sites for hydroxylation is 2. The van der Waals surface area contributed by atoms with Crippen LogP contribution in [-0.4, -0.2) is 73.1 Å². The first kappa shape index (κ1) is 31.5. The predicted molar refractivity (Wildman–Crippen MR) is 150 cm³/mol. The number of Topliss-reactive ketones (excluding diaryl/α,β-unsaturated/α-hetero) is 1. The zero-order valence-electron chi connectivity index (χ0n) is 24.4. The molecule has 4 rings (SSSR count). The Balaban J connectivity index is 1.48. The SMILES string of the molecule is Cc1cc(NC(=O)c2c(C)c(C(=O)C(=O)NC3(CO)CCN(C(=O)c4cn(C)nc4C(F)F)CC3)n(C)c2C)ccc1F. The number of anilines is 1. The molecule has 0 atom stereocenters. The molecular weight excluding hydrogens is 569 g/mol. The van der Waals surface area contributed by atoms with E-state index in [2.05, 4.69) is 15.7 Å². The largest absolute Gasteiger partial charge is 0.394 e. The Labute approximate surface area is 245 Å². The third-order valence-electron chi connectivity index (χ3n) is 7.98. The van der Waals surface area contributed by atoms with Crippen LogP contribution in [0.2, 0.25) is 0 Å². The first-order valence-electron chi connectivity index (χ1n) is 13.5. The summed E-state index contributed by atoms with van der Waals surface area (Å²) in [4.78, 5) is 54.0. The average molecular weight is 603 g/mol. The van der Waals surface area contributed by atoms with Crippen LogP contribution in [0.1, 0.15) is 73.0 Å². The Hall–Kier alpha value is -4.46. The van der Waals surface area contributed by atoms with Crippen molar-refractivity contribution >= 4 is 29.2 Å². The van der Waals surface area contributed by atoms with Gasteiger partial charge in [-0.3, -0.25) is 23.9 Å². The van der Waals surface area contributed by atoms with Gasteiger partial charge in [-0.25, -0.2) is 13.2 Å². The van der Waals surface area contributed by atoms with E-state index < -0.39 is 53.6 Å². The molecule has 230 valence electrons. The Morgan fingerprint density at radius 1 is 1.09 bits per heavy atom. The van der Waals surface area contributed by atoms with Crippen LogP contribution in [-0.2, 0) is 18.9 Å². The summed E-state index contributed by atoms with van der Waals surface area (Å²) in [5.41, 5.74) is -0.533. The summed E-state index contributed by atoms with van der Waals surface area (Å²) >= 11 is 0. The van der Waals surface area contributed by atoms with Crippen molar-refractivity contribution < 1.29 is 37.5 Å². The highest BCUT2D eigenvalue weighted by Gasteiger charge is 2.40. The number of halogens is 3. The molecule has 3 amide bonds. The van der Waals surface area contributed by atoms with Gasteiger partial charge in [0.05, 0.1) is 29.0 Å². The number of ketones is 1. The molecule has 1 aliphatic rings. The van der Waals surface area contributed by atoms with Gasteiger partial charge in [0.25, 0.3) is 29.9 Å². The first-order chi connectivity index (χ1) is 20.2. The van der Waals surface area contributed by atoms with Crippen molar-refractivity contribution in [2.45, 2.75) is 45.6 Å². The molecule has 0 radical (unpaired) electrons. The molecular formula is C29H33F3N6O5. The van der Waals surface area contributed by atoms with E-state index in [0.29, 0.717) is 16.9 Å². The number of aliphatic hydroxyl groups excluding tert-OH is 1. The number of benzene rings is 1. The molecule has 14 heteroatoms. The summed E-state index contributed by atoms with van der Waals surface area (Å²) in [5.74, 6) is -3.54. The number of piperidine rings is 1. The molecule has 0 bridgehead atoms. The zero-order chi connectivity index (χ0) is 31.8. The van der Waals surface area contributed by atoms with Gasteiger partial charge >= 0.3 is 0 Å². The highest BCUT2D eigenvalue weighted by atomic mass is 19.3. The summed E-state index contributed by atoms with van der Waals surface area (Å²) in [6.45, 7) is 4.25. The predicted octanol–water partition coefficient (Wildman–Crippen LogP) is 2.98. The molecule has 0 saturated carbocycles. The van der Waals surface area contributed by atoms with Gasteiger partial charge < -0.3 is 25.2 Å². The third-order valence-corrected chi connectivity index (χ3v) is 7.98. The van der Waals surface area contributed by atoms with Crippen LogP contribution in [0, 0.1) is 26.6 Å². The van der Waals surface area contributed by atoms with Gasteiger partial charge in [0.2, 0.25) is 0 Å². The van der Waals surface area contributed by atoms with E-state index in [1.54, 1.807) is 20.9 Å². The van der Waals surface area contributed by atoms with Crippen molar-refractivity contribution in [3.05, 3.63) is 69.5 Å². The standard InChI is InChI=1S/C29H33F3N6O5/c1-15-12-18(6-7-20(15)30)33-26(41)21-16(2)23(37(5)17(21)3)24(40)27(42)34-29(14-39)8-10-38(11-9-29)28(43)19-13-36(4)35-22(19)25(31)32/h6-7,12-13,25,39H,8-11,14H2,1-5H3,(H,33,41)(H,34,42). The second-order valence-electron chi connectivity index (χ2n) is 10.8. The molecule has 1 saturated heterocycles. The minimum atomic E-state index is -2.94. The number of carbonyl (C=O) groups is 4. The molecule has 3 N–H and O–H groups in total. The van der Waals surface area contributed by atoms with Crippen LogP contribution in [0.25, 0.3) is 0 Å². The number of nitrogens with one attached hydrogen (secondary N) is 2. The summed E-state index contributed by atoms with van der Waals surface area (Å²) in [5, 5.41) is 19.2. The molecule has 3 heterocycles. The van der Waals surface area contributed by atoms with Crippen LogP contribution in [0.4, 0.5) is 18.9 Å². The van der Waals surface area contributed by atoms with Crippen LogP contribution < -0.4 is 10.6 Å². The summed E-state index contributed by atoms with van der Waals surface area (Å²) < 4.78 is 42.9. The van der Waals surface area contributed by atoms with Crippen LogP contribution >= 0.6 is 0 Å². The lowest BCUT2D eigenvalue weighted by molar-refractivity contribution is -0.120. The minimum Gasteiger partial charge on any atom is -0.394 e. The number of aromatic nitrogens is 3. The van der Waals surface area contributed by atoms with Gasteiger partial charge in [-0.05, 0) is 62.9 Å². The molecule has 0 spiro atoms. The number of rotatable bonds is 8. The lowest BCUT2D eigenvalue weighted by Crippen LogP contribution is -2.59. The van der Waals surface area contributed by atoms with E-state index in [4.69, 9.17) is 0 Å². The maximum absolute atomic E-state index is 13.6. The second kappa shape index (κ2) is 12.0. The van der Waals surface area contributed by atoms with Crippen molar-refractivity contribution in [1.29, 1.82) is 0 Å². The maximum atomic E-state index is 13.6. The summed E-state index contributed by atoms with van der Waals surface area (Å²) in [6, 6.07) is 4.11. The molecule has 11 nitrogen and oxygen atoms in total. The van der Waals surface area contributed by atoms with Crippen molar-refractivity contribution in [3.63, 3.8) is 0 Å². The van der Waals surface area contributed by atoms with Crippen molar-refractivity contribution in [1.82, 2.24) is 24.6 Å². The Bertz CT molecular complexity index is 1600. The quantitative estimate of drug-likeness (QED) is 0.268. The fourth-order valence-electron chi connectivity index (χ4n) is 5.42. The van der Waals surface area contributed by atoms with Crippen LogP contribution in [0.15, 0.2) is 24.4 Å². The van der Waals surface area contributed by atoms with E-state index in [1.165, 1.54) is 47.8 Å². The summed E-state index contributed by atoms with van der Waals surface area (Å²) in [7, 11) is 2.97. The van der Waals surface area contributed by atoms with E-state index >= 15 is 0 Å². The van der Waals surface area contributed by atoms with E-state index in [-0.39, 0.29) is 48.3 Å². The Morgan fingerprint density at radius 3 is 2.33 bits per heavy atom. The average Bonchev–Trinajstić information content (AvgIpc) is 3.46. The topological polar surface area (TPSA) is 139 Å². The van der Waals surface area contributed by atoms with E-state index in [1.807, 2.05) is 0 Å². The number of aliphatic hydroxyl groups is 1. The third kappa shape index (κ3) is 6.05. The van der Waals surface area contributed by atoms with Crippen molar-refractivity contribution in [3.8, 4) is 0 Å². The number of carbonyl (C=O) groups excluding carboxylic acids is 4. The fraction of sp³-hybridized carbons (Fsp3) is 0.414. The number of hydrogen-bond acceptors (Lipinski definition) is 6. The normalized spacial score (nSPS) is 14.6. The molecule has 0 aliphatic carbocycles. The molecule has 3 aromatic rings. The maximum Gasteiger partial charge on any atom is 0.294 e. The Morgan fingerprint density at radius 2 is 1.74 bits per heavy atom.